The number of carbonyl (C=O) groups is 2. The average Bonchev–Trinajstić information content (AvgIpc) is 3.44. The van der Waals surface area contributed by atoms with Crippen molar-refractivity contribution in [2.75, 3.05) is 0 Å². The second-order valence-corrected chi connectivity index (χ2v) is 10.6. The molecule has 34 heavy (non-hydrogen) atoms. The van der Waals surface area contributed by atoms with Crippen LogP contribution in [0, 0.1) is 0 Å². The Labute approximate surface area is 201 Å². The highest BCUT2D eigenvalue weighted by atomic mass is 32.1. The standard InChI is InChI=1S/C29H22N2O2S/c1-29(2,3)31-20(16-24-27(31)30-28(34-24)17-9-5-4-6-10-17)15-23-25(32)21-13-18-11-7-8-12-19(18)14-22(21)26(23)33/h4-16H,1-3H3. The van der Waals surface area contributed by atoms with E-state index in [2.05, 4.69) is 37.5 Å². The maximum atomic E-state index is 13.3. The Balaban J connectivity index is 1.50. The molecule has 0 atom stereocenters. The van der Waals surface area contributed by atoms with Crippen molar-refractivity contribution in [2.45, 2.75) is 26.3 Å². The average molecular weight is 463 g/mol. The van der Waals surface area contributed by atoms with Crippen LogP contribution < -0.4 is 0 Å². The lowest BCUT2D eigenvalue weighted by atomic mass is 10.0. The summed E-state index contributed by atoms with van der Waals surface area (Å²) in [5.74, 6) is -0.428. The first-order valence-electron chi connectivity index (χ1n) is 11.2. The summed E-state index contributed by atoms with van der Waals surface area (Å²) >= 11 is 1.62. The third-order valence-corrected chi connectivity index (χ3v) is 7.27. The molecule has 1 aliphatic carbocycles. The van der Waals surface area contributed by atoms with Gasteiger partial charge in [-0.2, -0.15) is 0 Å². The Kier molecular flexibility index (Phi) is 4.48. The van der Waals surface area contributed by atoms with Gasteiger partial charge in [0.2, 0.25) is 0 Å². The van der Waals surface area contributed by atoms with Crippen LogP contribution in [0.2, 0.25) is 0 Å². The summed E-state index contributed by atoms with van der Waals surface area (Å²) in [6.45, 7) is 6.32. The summed E-state index contributed by atoms with van der Waals surface area (Å²) in [5, 5.41) is 2.87. The predicted octanol–water partition coefficient (Wildman–Crippen LogP) is 7.14. The number of Topliss-reactive ketones (excluding diaryl/α,β-unsaturated/α-hetero) is 2. The lowest BCUT2D eigenvalue weighted by molar-refractivity contribution is 0.0990. The molecule has 0 aliphatic heterocycles. The quantitative estimate of drug-likeness (QED) is 0.207. The predicted molar refractivity (Wildman–Crippen MR) is 139 cm³/mol. The number of ketones is 2. The van der Waals surface area contributed by atoms with Crippen molar-refractivity contribution in [2.24, 2.45) is 0 Å². The van der Waals surface area contributed by atoms with Gasteiger partial charge in [-0.15, -0.1) is 11.3 Å². The molecule has 0 saturated carbocycles. The van der Waals surface area contributed by atoms with Crippen LogP contribution in [0.25, 0.3) is 37.8 Å². The third-order valence-electron chi connectivity index (χ3n) is 6.23. The van der Waals surface area contributed by atoms with Gasteiger partial charge in [-0.25, -0.2) is 4.98 Å². The minimum absolute atomic E-state index is 0.212. The lowest BCUT2D eigenvalue weighted by Crippen LogP contribution is -2.23. The number of hydrogen-bond acceptors (Lipinski definition) is 4. The number of rotatable bonds is 2. The molecule has 6 rings (SSSR count). The van der Waals surface area contributed by atoms with E-state index in [1.165, 1.54) is 0 Å². The summed E-state index contributed by atoms with van der Waals surface area (Å²) in [7, 11) is 0. The van der Waals surface area contributed by atoms with Gasteiger partial charge >= 0.3 is 0 Å². The number of thiazole rings is 1. The molecule has 0 N–H and O–H groups in total. The molecule has 5 heteroatoms. The molecule has 0 saturated heterocycles. The number of fused-ring (bicyclic) bond motifs is 3. The molecule has 2 heterocycles. The molecule has 4 nitrogen and oxygen atoms in total. The highest BCUT2D eigenvalue weighted by Crippen LogP contribution is 2.37. The van der Waals surface area contributed by atoms with E-state index in [0.29, 0.717) is 11.1 Å². The summed E-state index contributed by atoms with van der Waals surface area (Å²) < 4.78 is 3.15. The van der Waals surface area contributed by atoms with Crippen molar-refractivity contribution in [3.05, 3.63) is 95.2 Å². The largest absolute Gasteiger partial charge is 0.320 e. The number of aromatic nitrogens is 2. The van der Waals surface area contributed by atoms with Crippen molar-refractivity contribution in [3.63, 3.8) is 0 Å². The molecule has 0 fully saturated rings. The van der Waals surface area contributed by atoms with Crippen LogP contribution in [0.4, 0.5) is 0 Å². The molecule has 2 aromatic heterocycles. The first-order chi connectivity index (χ1) is 16.3. The van der Waals surface area contributed by atoms with E-state index in [1.807, 2.05) is 60.7 Å². The Hall–Kier alpha value is -3.83. The molecule has 166 valence electrons. The van der Waals surface area contributed by atoms with Gasteiger partial charge < -0.3 is 4.57 Å². The van der Waals surface area contributed by atoms with Gasteiger partial charge in [0, 0.05) is 27.9 Å². The summed E-state index contributed by atoms with van der Waals surface area (Å²) in [6.07, 6.45) is 1.75. The van der Waals surface area contributed by atoms with Crippen LogP contribution >= 0.6 is 11.3 Å². The first kappa shape index (κ1) is 20.8. The van der Waals surface area contributed by atoms with Gasteiger partial charge in [0.15, 0.2) is 17.2 Å². The van der Waals surface area contributed by atoms with Gasteiger partial charge in [0.25, 0.3) is 0 Å². The van der Waals surface area contributed by atoms with E-state index >= 15 is 0 Å². The number of allylic oxidation sites excluding steroid dienone is 1. The topological polar surface area (TPSA) is 52.0 Å². The van der Waals surface area contributed by atoms with E-state index in [0.717, 1.165) is 37.4 Å². The van der Waals surface area contributed by atoms with E-state index < -0.39 is 0 Å². The normalized spacial score (nSPS) is 13.8. The second kappa shape index (κ2) is 7.34. The number of nitrogens with zero attached hydrogens (tertiary/aromatic N) is 2. The number of hydrogen-bond donors (Lipinski definition) is 0. The van der Waals surface area contributed by atoms with E-state index in [-0.39, 0.29) is 22.7 Å². The third kappa shape index (κ3) is 3.16. The zero-order valence-electron chi connectivity index (χ0n) is 19.1. The minimum Gasteiger partial charge on any atom is -0.320 e. The minimum atomic E-state index is -0.289. The Bertz CT molecular complexity index is 1610. The molecule has 0 bridgehead atoms. The van der Waals surface area contributed by atoms with Gasteiger partial charge in [0.05, 0.1) is 10.3 Å². The molecule has 5 aromatic rings. The van der Waals surface area contributed by atoms with Gasteiger partial charge in [0.1, 0.15) is 5.01 Å². The van der Waals surface area contributed by atoms with Gasteiger partial charge in [-0.05, 0) is 55.8 Å². The van der Waals surface area contributed by atoms with Gasteiger partial charge in [-0.3, -0.25) is 9.59 Å². The van der Waals surface area contributed by atoms with Crippen LogP contribution in [0.15, 0.2) is 78.4 Å². The molecular formula is C29H22N2O2S. The van der Waals surface area contributed by atoms with Crippen LogP contribution in [0.3, 0.4) is 0 Å². The number of carbonyl (C=O) groups excluding carboxylic acids is 2. The Morgan fingerprint density at radius 2 is 1.41 bits per heavy atom. The zero-order valence-corrected chi connectivity index (χ0v) is 19.9. The van der Waals surface area contributed by atoms with Crippen molar-refractivity contribution in [3.8, 4) is 10.6 Å². The maximum absolute atomic E-state index is 13.3. The highest BCUT2D eigenvalue weighted by Gasteiger charge is 2.34. The SMILES string of the molecule is CC(C)(C)n1c(C=C2C(=O)c3cc4ccccc4cc3C2=O)cc2sc(-c3ccccc3)nc21. The van der Waals surface area contributed by atoms with Crippen molar-refractivity contribution in [1.29, 1.82) is 0 Å². The van der Waals surface area contributed by atoms with E-state index in [9.17, 15) is 9.59 Å². The summed E-state index contributed by atoms with van der Waals surface area (Å²) in [6, 6.07) is 23.6. The highest BCUT2D eigenvalue weighted by molar-refractivity contribution is 7.21. The fourth-order valence-electron chi connectivity index (χ4n) is 4.70. The van der Waals surface area contributed by atoms with Crippen LogP contribution in [-0.2, 0) is 5.54 Å². The summed E-state index contributed by atoms with van der Waals surface area (Å²) in [4.78, 5) is 31.5. The van der Waals surface area contributed by atoms with E-state index in [1.54, 1.807) is 17.4 Å². The fourth-order valence-corrected chi connectivity index (χ4v) is 5.71. The molecule has 0 spiro atoms. The molecule has 1 aliphatic rings. The second-order valence-electron chi connectivity index (χ2n) is 9.61. The fraction of sp³-hybridized carbons (Fsp3) is 0.138. The Morgan fingerprint density at radius 3 is 2.00 bits per heavy atom. The van der Waals surface area contributed by atoms with Gasteiger partial charge in [-0.1, -0.05) is 54.6 Å². The number of benzene rings is 3. The van der Waals surface area contributed by atoms with Crippen molar-refractivity contribution >= 4 is 50.1 Å². The smallest absolute Gasteiger partial charge is 0.197 e. The molecular weight excluding hydrogens is 440 g/mol. The van der Waals surface area contributed by atoms with Crippen LogP contribution in [-0.4, -0.2) is 21.1 Å². The molecule has 3 aromatic carbocycles. The van der Waals surface area contributed by atoms with Crippen LogP contribution in [0.1, 0.15) is 47.2 Å². The molecule has 0 unspecified atom stereocenters. The molecule has 0 amide bonds. The Morgan fingerprint density at radius 1 is 0.824 bits per heavy atom. The summed E-state index contributed by atoms with van der Waals surface area (Å²) in [5.41, 5.74) is 3.64. The monoisotopic (exact) mass is 462 g/mol. The van der Waals surface area contributed by atoms with Crippen molar-refractivity contribution in [1.82, 2.24) is 9.55 Å². The first-order valence-corrected chi connectivity index (χ1v) is 12.0. The van der Waals surface area contributed by atoms with Crippen LogP contribution in [0.5, 0.6) is 0 Å². The molecule has 0 radical (unpaired) electrons. The lowest BCUT2D eigenvalue weighted by Gasteiger charge is -2.24. The zero-order chi connectivity index (χ0) is 23.6. The van der Waals surface area contributed by atoms with Crippen molar-refractivity contribution < 1.29 is 9.59 Å². The van der Waals surface area contributed by atoms with E-state index in [4.69, 9.17) is 4.98 Å². The maximum Gasteiger partial charge on any atom is 0.197 e.